The molecule has 1 aliphatic rings. The number of aryl methyl sites for hydroxylation is 2. The molecule has 7 nitrogen and oxygen atoms in total. The van der Waals surface area contributed by atoms with Crippen LogP contribution in [0.5, 0.6) is 0 Å². The molecule has 172 valence electrons. The lowest BCUT2D eigenvalue weighted by Crippen LogP contribution is -2.47. The SMILES string of the molecule is CCOC(=O)C1CCN(C(=O)CN(c2ccc(C)cc2C)S(=O)(=O)c2ccccc2)CC1. The first-order valence-electron chi connectivity index (χ1n) is 10.8. The zero-order chi connectivity index (χ0) is 23.3. The van der Waals surface area contributed by atoms with Crippen LogP contribution in [0.1, 0.15) is 30.9 Å². The molecule has 1 saturated heterocycles. The van der Waals surface area contributed by atoms with Crippen molar-refractivity contribution < 1.29 is 22.7 Å². The van der Waals surface area contributed by atoms with Crippen LogP contribution in [0.15, 0.2) is 53.4 Å². The molecule has 0 aliphatic carbocycles. The predicted octanol–water partition coefficient (Wildman–Crippen LogP) is 3.30. The van der Waals surface area contributed by atoms with Crippen LogP contribution in [-0.2, 0) is 24.3 Å². The highest BCUT2D eigenvalue weighted by molar-refractivity contribution is 7.92. The molecule has 0 spiro atoms. The largest absolute Gasteiger partial charge is 0.466 e. The fourth-order valence-electron chi connectivity index (χ4n) is 3.95. The summed E-state index contributed by atoms with van der Waals surface area (Å²) in [5.41, 5.74) is 2.27. The average molecular weight is 459 g/mol. The van der Waals surface area contributed by atoms with E-state index < -0.39 is 10.0 Å². The van der Waals surface area contributed by atoms with Gasteiger partial charge in [-0.2, -0.15) is 0 Å². The lowest BCUT2D eigenvalue weighted by Gasteiger charge is -2.33. The highest BCUT2D eigenvalue weighted by atomic mass is 32.2. The fraction of sp³-hybridized carbons (Fsp3) is 0.417. The van der Waals surface area contributed by atoms with Gasteiger partial charge in [0.1, 0.15) is 6.54 Å². The van der Waals surface area contributed by atoms with Crippen molar-refractivity contribution in [2.75, 3.05) is 30.5 Å². The number of hydrogen-bond acceptors (Lipinski definition) is 5. The molecule has 0 aromatic heterocycles. The second-order valence-electron chi connectivity index (χ2n) is 8.02. The van der Waals surface area contributed by atoms with E-state index in [0.29, 0.717) is 38.2 Å². The normalized spacial score (nSPS) is 14.8. The molecule has 1 aliphatic heterocycles. The van der Waals surface area contributed by atoms with Gasteiger partial charge in [0.15, 0.2) is 0 Å². The fourth-order valence-corrected chi connectivity index (χ4v) is 5.45. The summed E-state index contributed by atoms with van der Waals surface area (Å²) >= 11 is 0. The molecule has 0 atom stereocenters. The second-order valence-corrected chi connectivity index (χ2v) is 9.88. The third kappa shape index (κ3) is 5.30. The Hall–Kier alpha value is -2.87. The van der Waals surface area contributed by atoms with Crippen LogP contribution in [0.2, 0.25) is 0 Å². The third-order valence-electron chi connectivity index (χ3n) is 5.70. The Morgan fingerprint density at radius 1 is 1.06 bits per heavy atom. The van der Waals surface area contributed by atoms with Crippen LogP contribution in [0.25, 0.3) is 0 Å². The summed E-state index contributed by atoms with van der Waals surface area (Å²) in [5, 5.41) is 0. The summed E-state index contributed by atoms with van der Waals surface area (Å²) in [7, 11) is -3.94. The topological polar surface area (TPSA) is 84.0 Å². The van der Waals surface area contributed by atoms with Crippen LogP contribution in [0.4, 0.5) is 5.69 Å². The number of carbonyl (C=O) groups excluding carboxylic acids is 2. The number of carbonyl (C=O) groups is 2. The van der Waals surface area contributed by atoms with Crippen LogP contribution < -0.4 is 4.31 Å². The van der Waals surface area contributed by atoms with Gasteiger partial charge < -0.3 is 9.64 Å². The van der Waals surface area contributed by atoms with E-state index in [0.717, 1.165) is 11.1 Å². The molecule has 1 amide bonds. The van der Waals surface area contributed by atoms with Crippen LogP contribution >= 0.6 is 0 Å². The van der Waals surface area contributed by atoms with Crippen molar-refractivity contribution in [2.45, 2.75) is 38.5 Å². The molecular weight excluding hydrogens is 428 g/mol. The van der Waals surface area contributed by atoms with E-state index >= 15 is 0 Å². The maximum Gasteiger partial charge on any atom is 0.309 e. The van der Waals surface area contributed by atoms with Gasteiger partial charge >= 0.3 is 5.97 Å². The first-order chi connectivity index (χ1) is 15.2. The van der Waals surface area contributed by atoms with E-state index in [4.69, 9.17) is 4.74 Å². The number of piperidine rings is 1. The summed E-state index contributed by atoms with van der Waals surface area (Å²) in [6.45, 7) is 6.37. The van der Waals surface area contributed by atoms with E-state index in [-0.39, 0.29) is 29.2 Å². The van der Waals surface area contributed by atoms with Gasteiger partial charge in [0.05, 0.1) is 23.1 Å². The first-order valence-corrected chi connectivity index (χ1v) is 12.3. The van der Waals surface area contributed by atoms with Crippen molar-refractivity contribution in [3.63, 3.8) is 0 Å². The van der Waals surface area contributed by atoms with Gasteiger partial charge in [-0.15, -0.1) is 0 Å². The van der Waals surface area contributed by atoms with E-state index in [1.807, 2.05) is 26.0 Å². The van der Waals surface area contributed by atoms with Gasteiger partial charge in [-0.05, 0) is 57.4 Å². The van der Waals surface area contributed by atoms with Gasteiger partial charge in [0, 0.05) is 13.1 Å². The summed E-state index contributed by atoms with van der Waals surface area (Å²) in [5.74, 6) is -0.738. The van der Waals surface area contributed by atoms with Crippen LogP contribution in [0.3, 0.4) is 0 Å². The number of nitrogens with zero attached hydrogens (tertiary/aromatic N) is 2. The minimum Gasteiger partial charge on any atom is -0.466 e. The van der Waals surface area contributed by atoms with E-state index in [9.17, 15) is 18.0 Å². The molecule has 32 heavy (non-hydrogen) atoms. The standard InChI is InChI=1S/C24H30N2O5S/c1-4-31-24(28)20-12-14-25(15-13-20)23(27)17-26(22-11-10-18(2)16-19(22)3)32(29,30)21-8-6-5-7-9-21/h5-11,16,20H,4,12-15,17H2,1-3H3. The van der Waals surface area contributed by atoms with Gasteiger partial charge in [-0.1, -0.05) is 35.9 Å². The number of hydrogen-bond donors (Lipinski definition) is 0. The number of rotatable bonds is 7. The molecule has 1 heterocycles. The molecule has 0 saturated carbocycles. The highest BCUT2D eigenvalue weighted by Crippen LogP contribution is 2.28. The second kappa shape index (κ2) is 10.2. The Balaban J connectivity index is 1.84. The molecule has 2 aromatic rings. The van der Waals surface area contributed by atoms with Crippen LogP contribution in [0, 0.1) is 19.8 Å². The van der Waals surface area contributed by atoms with Crippen molar-refractivity contribution in [3.05, 3.63) is 59.7 Å². The quantitative estimate of drug-likeness (QED) is 0.595. The molecule has 3 rings (SSSR count). The van der Waals surface area contributed by atoms with Crippen molar-refractivity contribution in [2.24, 2.45) is 5.92 Å². The van der Waals surface area contributed by atoms with E-state index in [1.54, 1.807) is 36.1 Å². The smallest absolute Gasteiger partial charge is 0.309 e. The molecule has 0 radical (unpaired) electrons. The number of sulfonamides is 1. The average Bonchev–Trinajstić information content (AvgIpc) is 2.78. The molecule has 2 aromatic carbocycles. The number of esters is 1. The maximum atomic E-state index is 13.5. The number of amides is 1. The third-order valence-corrected chi connectivity index (χ3v) is 7.47. The van der Waals surface area contributed by atoms with Crippen molar-refractivity contribution in [3.8, 4) is 0 Å². The lowest BCUT2D eigenvalue weighted by molar-refractivity contribution is -0.151. The summed E-state index contributed by atoms with van der Waals surface area (Å²) in [6, 6.07) is 13.6. The van der Waals surface area contributed by atoms with Gasteiger partial charge in [-0.25, -0.2) is 8.42 Å². The Morgan fingerprint density at radius 2 is 1.72 bits per heavy atom. The first kappa shape index (κ1) is 23.8. The van der Waals surface area contributed by atoms with Crippen molar-refractivity contribution in [1.82, 2.24) is 4.90 Å². The molecule has 0 unspecified atom stereocenters. The van der Waals surface area contributed by atoms with E-state index in [1.165, 1.54) is 16.4 Å². The molecule has 1 fully saturated rings. The molecular formula is C24H30N2O5S. The Morgan fingerprint density at radius 3 is 2.31 bits per heavy atom. The Labute approximate surface area is 190 Å². The predicted molar refractivity (Wildman–Crippen MR) is 123 cm³/mol. The Kier molecular flexibility index (Phi) is 7.56. The van der Waals surface area contributed by atoms with Crippen molar-refractivity contribution in [1.29, 1.82) is 0 Å². The zero-order valence-electron chi connectivity index (χ0n) is 18.8. The Bertz CT molecular complexity index is 1060. The summed E-state index contributed by atoms with van der Waals surface area (Å²) in [4.78, 5) is 26.9. The monoisotopic (exact) mass is 458 g/mol. The minimum atomic E-state index is -3.94. The summed E-state index contributed by atoms with van der Waals surface area (Å²) < 4.78 is 33.3. The molecule has 0 N–H and O–H groups in total. The molecule has 0 bridgehead atoms. The lowest BCUT2D eigenvalue weighted by atomic mass is 9.97. The van der Waals surface area contributed by atoms with Crippen LogP contribution in [-0.4, -0.2) is 51.4 Å². The highest BCUT2D eigenvalue weighted by Gasteiger charge is 2.32. The number of anilines is 1. The number of ether oxygens (including phenoxy) is 1. The van der Waals surface area contributed by atoms with E-state index in [2.05, 4.69) is 0 Å². The van der Waals surface area contributed by atoms with Crippen molar-refractivity contribution >= 4 is 27.6 Å². The summed E-state index contributed by atoms with van der Waals surface area (Å²) in [6.07, 6.45) is 1.03. The number of benzene rings is 2. The zero-order valence-corrected chi connectivity index (χ0v) is 19.6. The van der Waals surface area contributed by atoms with Gasteiger partial charge in [-0.3, -0.25) is 13.9 Å². The van der Waals surface area contributed by atoms with Gasteiger partial charge in [0.2, 0.25) is 5.91 Å². The molecule has 8 heteroatoms. The number of likely N-dealkylation sites (tertiary alicyclic amines) is 1. The minimum absolute atomic E-state index is 0.133. The maximum absolute atomic E-state index is 13.5. The van der Waals surface area contributed by atoms with Gasteiger partial charge in [0.25, 0.3) is 10.0 Å².